The number of carbonyl (C=O) groups excluding carboxylic acids is 3. The molecule has 3 amide bonds. The molecule has 0 heterocycles. The minimum absolute atomic E-state index is 0.0196. The van der Waals surface area contributed by atoms with Gasteiger partial charge in [-0.3, -0.25) is 0 Å². The summed E-state index contributed by atoms with van der Waals surface area (Å²) in [6.45, 7) is 13.8. The van der Waals surface area contributed by atoms with Crippen LogP contribution in [0.4, 0.5) is 18.8 Å². The Morgan fingerprint density at radius 1 is 1.06 bits per heavy atom. The number of amides is 3. The van der Waals surface area contributed by atoms with Gasteiger partial charge in [0.25, 0.3) is 0 Å². The van der Waals surface area contributed by atoms with Crippen LogP contribution in [-0.2, 0) is 20.8 Å². The molecule has 1 aromatic rings. The predicted molar refractivity (Wildman–Crippen MR) is 127 cm³/mol. The maximum absolute atomic E-state index is 14.3. The monoisotopic (exact) mass is 548 g/mol. The van der Waals surface area contributed by atoms with Crippen molar-refractivity contribution in [1.29, 1.82) is 0 Å². The Labute approximate surface area is 208 Å². The first-order valence-corrected chi connectivity index (χ1v) is 11.6. The second kappa shape index (κ2) is 12.2. The van der Waals surface area contributed by atoms with Gasteiger partial charge in [0.2, 0.25) is 0 Å². The van der Waals surface area contributed by atoms with Gasteiger partial charge in [0.1, 0.15) is 35.5 Å². The Morgan fingerprint density at radius 2 is 1.65 bits per heavy atom. The highest BCUT2D eigenvalue weighted by Gasteiger charge is 2.25. The van der Waals surface area contributed by atoms with Crippen LogP contribution in [0, 0.1) is 5.82 Å². The number of imide groups is 1. The summed E-state index contributed by atoms with van der Waals surface area (Å²) < 4.78 is 35.6. The van der Waals surface area contributed by atoms with Gasteiger partial charge in [0.15, 0.2) is 0 Å². The average Bonchev–Trinajstić information content (AvgIpc) is 2.66. The van der Waals surface area contributed by atoms with E-state index in [1.165, 1.54) is 17.0 Å². The van der Waals surface area contributed by atoms with Crippen molar-refractivity contribution >= 4 is 34.2 Å². The van der Waals surface area contributed by atoms with E-state index >= 15 is 0 Å². The lowest BCUT2D eigenvalue weighted by Gasteiger charge is -2.28. The third-order valence-electron chi connectivity index (χ3n) is 3.92. The SMILES string of the molecule is CCN(Cc1c(OC(C)COC(=O)NC(=O)OC(C)(C)C)ccc(F)c1Br)C(=O)OC(C)(C)C. The molecule has 0 saturated carbocycles. The molecule has 0 fully saturated rings. The number of alkyl carbamates (subject to hydrolysis) is 2. The van der Waals surface area contributed by atoms with Crippen LogP contribution in [0.2, 0.25) is 0 Å². The molecule has 0 aliphatic heterocycles. The Kier molecular flexibility index (Phi) is 10.6. The van der Waals surface area contributed by atoms with Crippen LogP contribution < -0.4 is 10.1 Å². The molecule has 0 aliphatic rings. The zero-order valence-corrected chi connectivity index (χ0v) is 22.5. The molecule has 1 unspecified atom stereocenters. The van der Waals surface area contributed by atoms with E-state index in [1.54, 1.807) is 55.4 Å². The first-order chi connectivity index (χ1) is 15.5. The van der Waals surface area contributed by atoms with Gasteiger partial charge in [0, 0.05) is 12.1 Å². The number of nitrogens with one attached hydrogen (secondary N) is 1. The molecular weight excluding hydrogens is 515 g/mol. The van der Waals surface area contributed by atoms with Crippen molar-refractivity contribution < 1.29 is 37.7 Å². The van der Waals surface area contributed by atoms with Crippen molar-refractivity contribution in [2.75, 3.05) is 13.2 Å². The number of nitrogens with zero attached hydrogens (tertiary/aromatic N) is 1. The Bertz CT molecular complexity index is 881. The zero-order chi connectivity index (χ0) is 26.3. The average molecular weight is 549 g/mol. The molecule has 34 heavy (non-hydrogen) atoms. The number of benzene rings is 1. The Hall–Kier alpha value is -2.56. The van der Waals surface area contributed by atoms with Crippen molar-refractivity contribution in [3.8, 4) is 5.75 Å². The highest BCUT2D eigenvalue weighted by Crippen LogP contribution is 2.32. The second-order valence-electron chi connectivity index (χ2n) is 9.49. The molecule has 0 bridgehead atoms. The molecule has 1 rings (SSSR count). The van der Waals surface area contributed by atoms with E-state index in [1.807, 2.05) is 5.32 Å². The van der Waals surface area contributed by atoms with Gasteiger partial charge in [-0.25, -0.2) is 24.1 Å². The van der Waals surface area contributed by atoms with E-state index in [0.717, 1.165) is 0 Å². The molecule has 11 heteroatoms. The van der Waals surface area contributed by atoms with Crippen LogP contribution >= 0.6 is 15.9 Å². The smallest absolute Gasteiger partial charge is 0.417 e. The van der Waals surface area contributed by atoms with Crippen LogP contribution in [0.3, 0.4) is 0 Å². The summed E-state index contributed by atoms with van der Waals surface area (Å²) in [5, 5.41) is 1.96. The lowest BCUT2D eigenvalue weighted by molar-refractivity contribution is 0.0239. The third kappa shape index (κ3) is 10.6. The summed E-state index contributed by atoms with van der Waals surface area (Å²) in [4.78, 5) is 37.4. The van der Waals surface area contributed by atoms with Gasteiger partial charge in [-0.05, 0) is 83.5 Å². The van der Waals surface area contributed by atoms with Gasteiger partial charge in [0.05, 0.1) is 11.0 Å². The molecule has 192 valence electrons. The highest BCUT2D eigenvalue weighted by molar-refractivity contribution is 9.10. The highest BCUT2D eigenvalue weighted by atomic mass is 79.9. The van der Waals surface area contributed by atoms with Gasteiger partial charge in [-0.1, -0.05) is 0 Å². The van der Waals surface area contributed by atoms with Gasteiger partial charge < -0.3 is 23.8 Å². The fourth-order valence-corrected chi connectivity index (χ4v) is 2.98. The molecule has 1 N–H and O–H groups in total. The number of hydrogen-bond donors (Lipinski definition) is 1. The van der Waals surface area contributed by atoms with Crippen molar-refractivity contribution in [3.05, 3.63) is 28.0 Å². The van der Waals surface area contributed by atoms with Crippen molar-refractivity contribution in [2.45, 2.75) is 79.2 Å². The standard InChI is InChI=1S/C23H34BrFN2O7/c1-9-27(21(30)34-23(6,7)8)12-15-17(11-10-16(25)18(15)24)32-14(2)13-31-19(28)26-20(29)33-22(3,4)5/h10-11,14H,9,12-13H2,1-8H3,(H,26,28,29). The molecule has 0 aromatic heterocycles. The maximum atomic E-state index is 14.3. The summed E-state index contributed by atoms with van der Waals surface area (Å²) >= 11 is 3.22. The maximum Gasteiger partial charge on any atom is 0.417 e. The summed E-state index contributed by atoms with van der Waals surface area (Å²) in [5.74, 6) is -0.234. The lowest BCUT2D eigenvalue weighted by atomic mass is 10.1. The number of carbonyl (C=O) groups is 3. The van der Waals surface area contributed by atoms with Crippen molar-refractivity contribution in [1.82, 2.24) is 10.2 Å². The van der Waals surface area contributed by atoms with Gasteiger partial charge in [-0.2, -0.15) is 0 Å². The predicted octanol–water partition coefficient (Wildman–Crippen LogP) is 5.77. The topological polar surface area (TPSA) is 103 Å². The number of ether oxygens (including phenoxy) is 4. The first kappa shape index (κ1) is 29.5. The van der Waals surface area contributed by atoms with E-state index in [0.29, 0.717) is 17.9 Å². The molecule has 1 aromatic carbocycles. The van der Waals surface area contributed by atoms with Crippen LogP contribution in [-0.4, -0.2) is 53.6 Å². The number of halogens is 2. The van der Waals surface area contributed by atoms with Crippen LogP contribution in [0.25, 0.3) is 0 Å². The first-order valence-electron chi connectivity index (χ1n) is 10.8. The number of rotatable bonds is 7. The summed E-state index contributed by atoms with van der Waals surface area (Å²) in [6.07, 6.45) is -3.13. The van der Waals surface area contributed by atoms with Crippen LogP contribution in [0.15, 0.2) is 16.6 Å². The van der Waals surface area contributed by atoms with Crippen molar-refractivity contribution in [3.63, 3.8) is 0 Å². The van der Waals surface area contributed by atoms with E-state index in [-0.39, 0.29) is 17.6 Å². The minimum Gasteiger partial charge on any atom is -0.487 e. The van der Waals surface area contributed by atoms with E-state index < -0.39 is 41.4 Å². The Balaban J connectivity index is 2.86. The van der Waals surface area contributed by atoms with Crippen LogP contribution in [0.1, 0.15) is 61.0 Å². The summed E-state index contributed by atoms with van der Waals surface area (Å²) in [5.41, 5.74) is -1.06. The molecule has 1 atom stereocenters. The normalized spacial score (nSPS) is 12.4. The second-order valence-corrected chi connectivity index (χ2v) is 10.3. The molecule has 0 radical (unpaired) electrons. The van der Waals surface area contributed by atoms with E-state index in [9.17, 15) is 18.8 Å². The summed E-state index contributed by atoms with van der Waals surface area (Å²) in [6, 6.07) is 2.64. The van der Waals surface area contributed by atoms with Gasteiger partial charge >= 0.3 is 18.3 Å². The third-order valence-corrected chi connectivity index (χ3v) is 4.77. The summed E-state index contributed by atoms with van der Waals surface area (Å²) in [7, 11) is 0. The molecule has 9 nitrogen and oxygen atoms in total. The number of hydrogen-bond acceptors (Lipinski definition) is 7. The van der Waals surface area contributed by atoms with Crippen LogP contribution in [0.5, 0.6) is 5.75 Å². The van der Waals surface area contributed by atoms with E-state index in [2.05, 4.69) is 15.9 Å². The molecule has 0 aliphatic carbocycles. The van der Waals surface area contributed by atoms with E-state index in [4.69, 9.17) is 18.9 Å². The molecule has 0 saturated heterocycles. The molecular formula is C23H34BrFN2O7. The Morgan fingerprint density at radius 3 is 2.18 bits per heavy atom. The lowest BCUT2D eigenvalue weighted by Crippen LogP contribution is -2.38. The fraction of sp³-hybridized carbons (Fsp3) is 0.609. The quantitative estimate of drug-likeness (QED) is 0.431. The zero-order valence-electron chi connectivity index (χ0n) is 20.9. The fourth-order valence-electron chi connectivity index (χ4n) is 2.52. The van der Waals surface area contributed by atoms with Crippen molar-refractivity contribution in [2.24, 2.45) is 0 Å². The molecule has 0 spiro atoms. The largest absolute Gasteiger partial charge is 0.487 e. The minimum atomic E-state index is -0.993. The van der Waals surface area contributed by atoms with Gasteiger partial charge in [-0.15, -0.1) is 0 Å².